The summed E-state index contributed by atoms with van der Waals surface area (Å²) in [6.45, 7) is -0.411. The van der Waals surface area contributed by atoms with Crippen LogP contribution in [0.2, 0.25) is 0 Å². The fraction of sp³-hybridized carbons (Fsp3) is 0.286. The number of aliphatic hydroxyl groups excluding tert-OH is 2. The van der Waals surface area contributed by atoms with Gasteiger partial charge < -0.3 is 14.6 Å². The molecule has 1 atom stereocenters. The Kier molecular flexibility index (Phi) is 2.40. The summed E-state index contributed by atoms with van der Waals surface area (Å²) in [4.78, 5) is 10.1. The van der Waals surface area contributed by atoms with E-state index in [4.69, 9.17) is 14.6 Å². The van der Waals surface area contributed by atoms with Gasteiger partial charge in [-0.05, 0) is 12.1 Å². The zero-order chi connectivity index (χ0) is 8.27. The maximum Gasteiger partial charge on any atom is 0.185 e. The summed E-state index contributed by atoms with van der Waals surface area (Å²) in [7, 11) is 0. The normalized spacial score (nSPS) is 12.9. The van der Waals surface area contributed by atoms with Crippen molar-refractivity contribution < 1.29 is 19.4 Å². The molecular formula is C7H8O4. The van der Waals surface area contributed by atoms with Crippen LogP contribution < -0.4 is 0 Å². The summed E-state index contributed by atoms with van der Waals surface area (Å²) < 4.78 is 4.81. The Hall–Kier alpha value is -1.13. The lowest BCUT2D eigenvalue weighted by atomic mass is 10.3. The van der Waals surface area contributed by atoms with Gasteiger partial charge in [-0.1, -0.05) is 0 Å². The van der Waals surface area contributed by atoms with Crippen LogP contribution >= 0.6 is 0 Å². The molecule has 1 heterocycles. The molecule has 4 nitrogen and oxygen atoms in total. The summed E-state index contributed by atoms with van der Waals surface area (Å²) in [5.41, 5.74) is 0. The van der Waals surface area contributed by atoms with Crippen molar-refractivity contribution in [3.63, 3.8) is 0 Å². The van der Waals surface area contributed by atoms with Gasteiger partial charge in [0.15, 0.2) is 12.0 Å². The first-order chi connectivity index (χ1) is 5.27. The fourth-order valence-electron chi connectivity index (χ4n) is 0.701. The van der Waals surface area contributed by atoms with Gasteiger partial charge in [0.2, 0.25) is 0 Å². The molecular weight excluding hydrogens is 148 g/mol. The molecule has 1 rings (SSSR count). The van der Waals surface area contributed by atoms with Crippen molar-refractivity contribution in [3.05, 3.63) is 23.7 Å². The van der Waals surface area contributed by atoms with E-state index in [1.54, 1.807) is 0 Å². The van der Waals surface area contributed by atoms with E-state index >= 15 is 0 Å². The number of carbonyl (C=O) groups is 1. The third kappa shape index (κ3) is 1.66. The van der Waals surface area contributed by atoms with Crippen LogP contribution in [0.15, 0.2) is 16.5 Å². The molecule has 0 aliphatic rings. The number of aldehydes is 1. The van der Waals surface area contributed by atoms with Crippen LogP contribution in [0.4, 0.5) is 0 Å². The zero-order valence-corrected chi connectivity index (χ0v) is 5.73. The molecule has 1 aromatic heterocycles. The molecule has 0 saturated carbocycles. The number of carbonyl (C=O) groups excluding carboxylic acids is 1. The van der Waals surface area contributed by atoms with Crippen molar-refractivity contribution in [1.82, 2.24) is 0 Å². The molecule has 2 N–H and O–H groups in total. The van der Waals surface area contributed by atoms with E-state index in [2.05, 4.69) is 0 Å². The van der Waals surface area contributed by atoms with Crippen molar-refractivity contribution in [1.29, 1.82) is 0 Å². The smallest absolute Gasteiger partial charge is 0.185 e. The Morgan fingerprint density at radius 1 is 1.64 bits per heavy atom. The standard InChI is InChI=1S/C7H8O4/c8-3-5-1-2-7(11-5)6(10)4-9/h1-3,6,9-10H,4H2. The summed E-state index contributed by atoms with van der Waals surface area (Å²) in [5, 5.41) is 17.5. The van der Waals surface area contributed by atoms with Crippen molar-refractivity contribution >= 4 is 6.29 Å². The largest absolute Gasteiger partial charge is 0.455 e. The molecule has 0 aliphatic heterocycles. The molecule has 1 unspecified atom stereocenters. The summed E-state index contributed by atoms with van der Waals surface area (Å²) >= 11 is 0. The average Bonchev–Trinajstić information content (AvgIpc) is 2.50. The van der Waals surface area contributed by atoms with Crippen LogP contribution in [-0.2, 0) is 0 Å². The highest BCUT2D eigenvalue weighted by molar-refractivity contribution is 5.70. The molecule has 1 aromatic rings. The highest BCUT2D eigenvalue weighted by Gasteiger charge is 2.09. The number of hydrogen-bond donors (Lipinski definition) is 2. The number of furan rings is 1. The predicted molar refractivity (Wildman–Crippen MR) is 36.1 cm³/mol. The van der Waals surface area contributed by atoms with Gasteiger partial charge in [-0.15, -0.1) is 0 Å². The Bertz CT molecular complexity index is 240. The second-order valence-electron chi connectivity index (χ2n) is 2.06. The predicted octanol–water partition coefficient (Wildman–Crippen LogP) is 0.118. The quantitative estimate of drug-likeness (QED) is 0.609. The molecule has 0 bridgehead atoms. The second-order valence-corrected chi connectivity index (χ2v) is 2.06. The van der Waals surface area contributed by atoms with Gasteiger partial charge in [-0.3, -0.25) is 4.79 Å². The van der Waals surface area contributed by atoms with E-state index in [1.807, 2.05) is 0 Å². The lowest BCUT2D eigenvalue weighted by molar-refractivity contribution is 0.0760. The maximum atomic E-state index is 10.1. The first-order valence-corrected chi connectivity index (χ1v) is 3.11. The first-order valence-electron chi connectivity index (χ1n) is 3.11. The number of aliphatic hydroxyl groups is 2. The molecule has 0 saturated heterocycles. The molecule has 0 spiro atoms. The molecule has 4 heteroatoms. The van der Waals surface area contributed by atoms with Gasteiger partial charge in [0, 0.05) is 0 Å². The molecule has 0 aromatic carbocycles. The van der Waals surface area contributed by atoms with E-state index in [0.717, 1.165) is 0 Å². The summed E-state index contributed by atoms with van der Waals surface area (Å²) in [6, 6.07) is 2.88. The van der Waals surface area contributed by atoms with Crippen LogP contribution in [0.25, 0.3) is 0 Å². The molecule has 11 heavy (non-hydrogen) atoms. The van der Waals surface area contributed by atoms with Crippen molar-refractivity contribution in [2.24, 2.45) is 0 Å². The van der Waals surface area contributed by atoms with E-state index in [1.165, 1.54) is 12.1 Å². The van der Waals surface area contributed by atoms with Crippen LogP contribution in [-0.4, -0.2) is 23.1 Å². The average molecular weight is 156 g/mol. The Labute approximate surface area is 63.1 Å². The Balaban J connectivity index is 2.79. The lowest BCUT2D eigenvalue weighted by Gasteiger charge is -2.00. The molecule has 0 fully saturated rings. The molecule has 60 valence electrons. The van der Waals surface area contributed by atoms with E-state index in [-0.39, 0.29) is 11.5 Å². The van der Waals surface area contributed by atoms with E-state index < -0.39 is 12.7 Å². The van der Waals surface area contributed by atoms with Gasteiger partial charge in [0.1, 0.15) is 11.9 Å². The minimum absolute atomic E-state index is 0.146. The number of rotatable bonds is 3. The monoisotopic (exact) mass is 156 g/mol. The molecule has 0 aliphatic carbocycles. The number of hydrogen-bond acceptors (Lipinski definition) is 4. The topological polar surface area (TPSA) is 70.7 Å². The zero-order valence-electron chi connectivity index (χ0n) is 5.73. The van der Waals surface area contributed by atoms with Gasteiger partial charge >= 0.3 is 0 Å². The first kappa shape index (κ1) is 7.97. The molecule has 0 amide bonds. The minimum Gasteiger partial charge on any atom is -0.455 e. The van der Waals surface area contributed by atoms with Crippen LogP contribution in [0, 0.1) is 0 Å². The SMILES string of the molecule is O=Cc1ccc(C(O)CO)o1. The lowest BCUT2D eigenvalue weighted by Crippen LogP contribution is -2.00. The Morgan fingerprint density at radius 2 is 2.36 bits per heavy atom. The maximum absolute atomic E-state index is 10.1. The van der Waals surface area contributed by atoms with Gasteiger partial charge in [0.05, 0.1) is 6.61 Å². The molecule has 0 radical (unpaired) electrons. The van der Waals surface area contributed by atoms with Crippen LogP contribution in [0.1, 0.15) is 22.4 Å². The van der Waals surface area contributed by atoms with E-state index in [0.29, 0.717) is 6.29 Å². The van der Waals surface area contributed by atoms with Gasteiger partial charge in [0.25, 0.3) is 0 Å². The highest BCUT2D eigenvalue weighted by atomic mass is 16.4. The fourth-order valence-corrected chi connectivity index (χ4v) is 0.701. The summed E-state index contributed by atoms with van der Waals surface area (Å²) in [5.74, 6) is 0.349. The van der Waals surface area contributed by atoms with Crippen LogP contribution in [0.3, 0.4) is 0 Å². The van der Waals surface area contributed by atoms with E-state index in [9.17, 15) is 4.79 Å². The highest BCUT2D eigenvalue weighted by Crippen LogP contribution is 2.14. The second kappa shape index (κ2) is 3.32. The Morgan fingerprint density at radius 3 is 2.82 bits per heavy atom. The minimum atomic E-state index is -1.04. The third-order valence-electron chi connectivity index (χ3n) is 1.27. The van der Waals surface area contributed by atoms with Crippen molar-refractivity contribution in [3.8, 4) is 0 Å². The van der Waals surface area contributed by atoms with Crippen LogP contribution in [0.5, 0.6) is 0 Å². The van der Waals surface area contributed by atoms with Crippen molar-refractivity contribution in [2.45, 2.75) is 6.10 Å². The third-order valence-corrected chi connectivity index (χ3v) is 1.27. The van der Waals surface area contributed by atoms with Crippen molar-refractivity contribution in [2.75, 3.05) is 6.61 Å². The summed E-state index contributed by atoms with van der Waals surface area (Å²) in [6.07, 6.45) is -0.503. The van der Waals surface area contributed by atoms with Gasteiger partial charge in [-0.25, -0.2) is 0 Å². The van der Waals surface area contributed by atoms with Gasteiger partial charge in [-0.2, -0.15) is 0 Å².